The molecular weight excluding hydrogens is 1150 g/mol. The van der Waals surface area contributed by atoms with Gasteiger partial charge in [0.05, 0.1) is 25.5 Å². The lowest BCUT2D eigenvalue weighted by atomic mass is 9.62. The average Bonchev–Trinajstić information content (AvgIpc) is 0.749. The number of aromatic nitrogens is 1. The fourth-order valence-electron chi connectivity index (χ4n) is 16.9. The molecule has 1 aromatic heterocycles. The predicted molar refractivity (Wildman–Crippen MR) is 360 cm³/mol. The molecule has 2 saturated carbocycles. The van der Waals surface area contributed by atoms with E-state index >= 15 is 0 Å². The largest absolute Gasteiger partial charge is 0.507 e. The third-order valence-electron chi connectivity index (χ3n) is 21.4. The van der Waals surface area contributed by atoms with Crippen LogP contribution in [0.3, 0.4) is 0 Å². The van der Waals surface area contributed by atoms with E-state index in [4.69, 9.17) is 18.9 Å². The van der Waals surface area contributed by atoms with Crippen LogP contribution in [0.25, 0.3) is 28.1 Å². The molecule has 2 bridgehead atoms. The lowest BCUT2D eigenvalue weighted by Crippen LogP contribution is -2.62. The van der Waals surface area contributed by atoms with Crippen molar-refractivity contribution in [2.45, 2.75) is 196 Å². The second-order valence-corrected chi connectivity index (χ2v) is 28.0. The van der Waals surface area contributed by atoms with Gasteiger partial charge in [-0.15, -0.1) is 0 Å². The number of rotatable bonds is 24. The van der Waals surface area contributed by atoms with Crippen molar-refractivity contribution in [3.63, 3.8) is 0 Å². The van der Waals surface area contributed by atoms with E-state index in [2.05, 4.69) is 119 Å². The summed E-state index contributed by atoms with van der Waals surface area (Å²) in [5.74, 6) is 9.13. The first-order valence-electron chi connectivity index (χ1n) is 34.7. The first-order chi connectivity index (χ1) is 44.9. The number of phenols is 2. The number of ether oxygens (including phenoxy) is 4. The zero-order valence-corrected chi connectivity index (χ0v) is 54.0. The molecule has 3 aliphatic heterocycles. The molecule has 15 heteroatoms. The Kier molecular flexibility index (Phi) is 20.0. The summed E-state index contributed by atoms with van der Waals surface area (Å²) in [4.78, 5) is 3.43. The fourth-order valence-corrected chi connectivity index (χ4v) is 16.9. The number of aromatic hydroxyl groups is 2. The lowest BCUT2D eigenvalue weighted by Gasteiger charge is -2.50. The Balaban J connectivity index is 0.986. The third kappa shape index (κ3) is 13.2. The van der Waals surface area contributed by atoms with Gasteiger partial charge in [-0.2, -0.15) is 0 Å². The summed E-state index contributed by atoms with van der Waals surface area (Å²) in [6, 6.07) is 26.7. The molecule has 11 N–H and O–H groups in total. The summed E-state index contributed by atoms with van der Waals surface area (Å²) >= 11 is 0. The summed E-state index contributed by atoms with van der Waals surface area (Å²) in [5.41, 5.74) is 10.5. The van der Waals surface area contributed by atoms with Gasteiger partial charge in [0.25, 0.3) is 0 Å². The third-order valence-corrected chi connectivity index (χ3v) is 21.4. The van der Waals surface area contributed by atoms with E-state index in [0.717, 1.165) is 121 Å². The van der Waals surface area contributed by atoms with E-state index in [0.29, 0.717) is 86.6 Å². The molecule has 0 saturated heterocycles. The molecule has 8 atom stereocenters. The second-order valence-electron chi connectivity index (χ2n) is 28.0. The van der Waals surface area contributed by atoms with E-state index in [9.17, 15) is 30.6 Å². The van der Waals surface area contributed by atoms with Gasteiger partial charge in [-0.3, -0.25) is 10.6 Å². The van der Waals surface area contributed by atoms with E-state index in [1.54, 1.807) is 0 Å². The van der Waals surface area contributed by atoms with E-state index in [1.165, 1.54) is 29.5 Å². The van der Waals surface area contributed by atoms with E-state index in [1.807, 2.05) is 24.4 Å². The smallest absolute Gasteiger partial charge is 0.162 e. The maximum absolute atomic E-state index is 12.7. The van der Waals surface area contributed by atoms with Gasteiger partial charge in [0, 0.05) is 85.1 Å². The van der Waals surface area contributed by atoms with E-state index in [-0.39, 0.29) is 80.7 Å². The molecule has 7 aliphatic rings. The molecule has 15 nitrogen and oxygen atoms in total. The predicted octanol–water partition coefficient (Wildman–Crippen LogP) is 11.2. The first-order valence-corrected chi connectivity index (χ1v) is 34.7. The average molecular weight is 1250 g/mol. The zero-order chi connectivity index (χ0) is 63.3. The van der Waals surface area contributed by atoms with Crippen molar-refractivity contribution in [2.24, 2.45) is 11.8 Å². The van der Waals surface area contributed by atoms with Gasteiger partial charge < -0.3 is 65.2 Å². The minimum absolute atomic E-state index is 0.0623. The van der Waals surface area contributed by atoms with Crippen LogP contribution in [0.1, 0.15) is 178 Å². The minimum Gasteiger partial charge on any atom is -0.507 e. The zero-order valence-electron chi connectivity index (χ0n) is 54.0. The highest BCUT2D eigenvalue weighted by molar-refractivity contribution is 5.90. The van der Waals surface area contributed by atoms with Crippen LogP contribution >= 0.6 is 0 Å². The van der Waals surface area contributed by atoms with Crippen LogP contribution < -0.4 is 35.5 Å². The summed E-state index contributed by atoms with van der Waals surface area (Å²) in [6.45, 7) is 6.04. The van der Waals surface area contributed by atoms with Crippen LogP contribution in [0.4, 0.5) is 0 Å². The van der Waals surface area contributed by atoms with E-state index < -0.39 is 35.6 Å². The molecular formula is C77H97N5O10. The normalized spacial score (nSPS) is 24.2. The number of benzene rings is 5. The van der Waals surface area contributed by atoms with Crippen molar-refractivity contribution in [1.29, 1.82) is 0 Å². The van der Waals surface area contributed by atoms with Gasteiger partial charge in [0.2, 0.25) is 0 Å². The molecule has 92 heavy (non-hydrogen) atoms. The van der Waals surface area contributed by atoms with Crippen LogP contribution in [-0.4, -0.2) is 124 Å². The number of aliphatic hydroxyl groups excluding tert-OH is 3. The Morgan fingerprint density at radius 1 is 0.783 bits per heavy atom. The number of hydrogen-bond acceptors (Lipinski definition) is 14. The standard InChI is InChI=1S/C77H97N5O10/c1-48(2)40-76(88,55-19-8-4-9-20-55)45-79-46-81-68-24-12-23-57(43-84)90-67-38-53(36-52(72(67)87)18-14-34-83)75-77(68,89-47-82-56-21-10-5-11-22-56)41-64-61-39-63-69(51-25-29-65-50(35-51)31-33-80-65)54(42-78-32-13-17-49-15-6-3-7-16-49)37-62-66(86)30-28-59(70(62)63)71(61)74-60(73(64)92-75)27-26-58(44-85)91-74/h3,6-7,15-16,25,28-31,33,35-38,48,55-58,63,68-69,75,78-88H,4-5,8-11,13-14,17-23,26-27,32,34,39-47H2,1-2H3. The van der Waals surface area contributed by atoms with Crippen LogP contribution in [0.15, 0.2) is 90.6 Å². The number of aryl methyl sites for hydroxylation is 2. The molecule has 0 radical (unpaired) electrons. The highest BCUT2D eigenvalue weighted by Crippen LogP contribution is 2.62. The molecule has 6 aromatic rings. The van der Waals surface area contributed by atoms with Crippen LogP contribution in [0.2, 0.25) is 0 Å². The molecule has 490 valence electrons. The molecule has 4 heterocycles. The van der Waals surface area contributed by atoms with Gasteiger partial charge in [0.15, 0.2) is 17.6 Å². The Morgan fingerprint density at radius 2 is 1.60 bits per heavy atom. The van der Waals surface area contributed by atoms with Crippen molar-refractivity contribution in [3.05, 3.63) is 141 Å². The van der Waals surface area contributed by atoms with Crippen molar-refractivity contribution in [1.82, 2.24) is 26.3 Å². The number of aliphatic hydroxyl groups is 4. The molecule has 8 unspecified atom stereocenters. The van der Waals surface area contributed by atoms with Gasteiger partial charge in [-0.25, -0.2) is 0 Å². The molecule has 13 rings (SSSR count). The molecule has 0 amide bonds. The molecule has 4 aliphatic carbocycles. The maximum Gasteiger partial charge on any atom is 0.162 e. The number of hydrogen-bond donors (Lipinski definition) is 11. The Morgan fingerprint density at radius 3 is 2.39 bits per heavy atom. The Bertz CT molecular complexity index is 3640. The van der Waals surface area contributed by atoms with Crippen LogP contribution in [0, 0.1) is 23.7 Å². The maximum atomic E-state index is 12.7. The Hall–Kier alpha value is -6.42. The van der Waals surface area contributed by atoms with Crippen molar-refractivity contribution in [2.75, 3.05) is 52.9 Å². The Labute approximate surface area is 543 Å². The number of aromatic amines is 1. The monoisotopic (exact) mass is 1250 g/mol. The summed E-state index contributed by atoms with van der Waals surface area (Å²) < 4.78 is 29.6. The van der Waals surface area contributed by atoms with Gasteiger partial charge >= 0.3 is 0 Å². The van der Waals surface area contributed by atoms with Crippen molar-refractivity contribution >= 4 is 17.0 Å². The lowest BCUT2D eigenvalue weighted by molar-refractivity contribution is -0.144. The topological polar surface area (TPSA) is 222 Å². The number of H-pyrrole nitrogens is 1. The van der Waals surface area contributed by atoms with Crippen LogP contribution in [-0.2, 0) is 36.8 Å². The molecule has 0 spiro atoms. The number of nitrogens with one attached hydrogen (secondary N) is 5. The summed E-state index contributed by atoms with van der Waals surface area (Å²) in [5, 5.41) is 85.8. The highest BCUT2D eigenvalue weighted by Gasteiger charge is 2.56. The summed E-state index contributed by atoms with van der Waals surface area (Å²) in [6.07, 6.45) is 18.4. The fraction of sp³-hybridized carbons (Fsp3) is 0.532. The van der Waals surface area contributed by atoms with Gasteiger partial charge in [0.1, 0.15) is 41.1 Å². The van der Waals surface area contributed by atoms with Crippen molar-refractivity contribution < 1.29 is 49.6 Å². The van der Waals surface area contributed by atoms with Gasteiger partial charge in [-0.05, 0) is 194 Å². The SMILES string of the molecule is CC(C)CC(O)(CNCNC1C#CCC(CO)Oc2cc(cc(CCCO)c2O)C2Oc3c(c4c(c5c3CCC(CO)O5)-c3ccc(O)c5c3C(C4)C(c3ccc4[nH]ccc4c3)C(CNCCCc3ccccc3)=C5)CC12OCNC1CCCCC1)C1CCCCC1. The summed E-state index contributed by atoms with van der Waals surface area (Å²) in [7, 11) is 0. The number of fused-ring (bicyclic) bond motifs is 12. The van der Waals surface area contributed by atoms with Crippen molar-refractivity contribution in [3.8, 4) is 51.7 Å². The molecule has 2 fully saturated rings. The molecule has 5 aromatic carbocycles. The second kappa shape index (κ2) is 28.7. The minimum atomic E-state index is -1.34. The van der Waals surface area contributed by atoms with Gasteiger partial charge in [-0.1, -0.05) is 107 Å². The quantitative estimate of drug-likeness (QED) is 0.0154. The highest BCUT2D eigenvalue weighted by atomic mass is 16.6. The first kappa shape index (κ1) is 64.3. The van der Waals surface area contributed by atoms with Crippen LogP contribution in [0.5, 0.6) is 28.7 Å². The number of phenolic OH excluding ortho intramolecular Hbond substituents is 2.